The molecule has 0 aliphatic carbocycles. The molecule has 2 heterocycles. The second-order valence-electron chi connectivity index (χ2n) is 6.04. The second kappa shape index (κ2) is 7.00. The van der Waals surface area contributed by atoms with Crippen LogP contribution in [0.2, 0.25) is 0 Å². The molecule has 0 atom stereocenters. The van der Waals surface area contributed by atoms with Crippen LogP contribution in [-0.4, -0.2) is 61.3 Å². The molecule has 1 saturated heterocycles. The van der Waals surface area contributed by atoms with Gasteiger partial charge in [0.05, 0.1) is 11.9 Å². The molecule has 25 heavy (non-hydrogen) atoms. The first-order chi connectivity index (χ1) is 12.0. The maximum absolute atomic E-state index is 13.8. The topological polar surface area (TPSA) is 52.6 Å². The number of aromatic nitrogens is 2. The van der Waals surface area contributed by atoms with Gasteiger partial charge in [-0.1, -0.05) is 6.07 Å². The third-order valence-electron chi connectivity index (χ3n) is 4.21. The molecule has 8 heteroatoms. The zero-order chi connectivity index (χ0) is 18.0. The van der Waals surface area contributed by atoms with Gasteiger partial charge in [-0.25, -0.2) is 8.78 Å². The molecule has 1 fully saturated rings. The van der Waals surface area contributed by atoms with Crippen LogP contribution >= 0.6 is 0 Å². The third-order valence-corrected chi connectivity index (χ3v) is 4.21. The Bertz CT molecular complexity index is 755. The van der Waals surface area contributed by atoms with Gasteiger partial charge in [0.1, 0.15) is 17.2 Å². The Labute approximate surface area is 144 Å². The molecule has 0 radical (unpaired) electrons. The fourth-order valence-corrected chi connectivity index (χ4v) is 2.74. The van der Waals surface area contributed by atoms with E-state index in [2.05, 4.69) is 10.2 Å². The lowest BCUT2D eigenvalue weighted by atomic mass is 10.1. The van der Waals surface area contributed by atoms with Crippen LogP contribution in [-0.2, 0) is 0 Å². The van der Waals surface area contributed by atoms with Gasteiger partial charge in [-0.2, -0.15) is 5.10 Å². The molecule has 0 N–H and O–H groups in total. The predicted octanol–water partition coefficient (Wildman–Crippen LogP) is 1.78. The van der Waals surface area contributed by atoms with Crippen molar-refractivity contribution in [1.82, 2.24) is 15.1 Å². The van der Waals surface area contributed by atoms with Crippen molar-refractivity contribution in [2.24, 2.45) is 0 Å². The van der Waals surface area contributed by atoms with Crippen molar-refractivity contribution in [3.8, 4) is 0 Å². The number of halogens is 2. The largest absolute Gasteiger partial charge is 0.376 e. The van der Waals surface area contributed by atoms with E-state index in [0.29, 0.717) is 26.2 Å². The monoisotopic (exact) mass is 347 g/mol. The number of amides is 1. The van der Waals surface area contributed by atoms with Gasteiger partial charge in [-0.3, -0.25) is 4.79 Å². The Morgan fingerprint density at radius 1 is 1.12 bits per heavy atom. The number of hydrogen-bond donors (Lipinski definition) is 0. The normalized spacial score (nSPS) is 14.6. The molecule has 0 saturated carbocycles. The first kappa shape index (κ1) is 17.1. The SMILES string of the molecule is CN(C)c1cnnc(N2CCN(C(=O)c3c(F)cccc3F)CC2)c1. The molecular weight excluding hydrogens is 328 g/mol. The molecule has 1 aliphatic rings. The smallest absolute Gasteiger partial charge is 0.259 e. The van der Waals surface area contributed by atoms with Crippen LogP contribution in [0.5, 0.6) is 0 Å². The van der Waals surface area contributed by atoms with E-state index in [1.165, 1.54) is 11.0 Å². The number of anilines is 2. The van der Waals surface area contributed by atoms with Crippen molar-refractivity contribution in [1.29, 1.82) is 0 Å². The van der Waals surface area contributed by atoms with Gasteiger partial charge in [0.2, 0.25) is 0 Å². The van der Waals surface area contributed by atoms with Gasteiger partial charge < -0.3 is 14.7 Å². The highest BCUT2D eigenvalue weighted by Crippen LogP contribution is 2.20. The summed E-state index contributed by atoms with van der Waals surface area (Å²) in [5, 5.41) is 8.12. The molecule has 1 aromatic carbocycles. The quantitative estimate of drug-likeness (QED) is 0.847. The number of benzene rings is 1. The summed E-state index contributed by atoms with van der Waals surface area (Å²) in [5.74, 6) is -1.58. The summed E-state index contributed by atoms with van der Waals surface area (Å²) in [5.41, 5.74) is 0.433. The summed E-state index contributed by atoms with van der Waals surface area (Å²) in [7, 11) is 3.83. The highest BCUT2D eigenvalue weighted by Gasteiger charge is 2.27. The van der Waals surface area contributed by atoms with E-state index < -0.39 is 23.1 Å². The minimum absolute atomic E-state index is 0.362. The third kappa shape index (κ3) is 3.52. The molecule has 2 aromatic rings. The van der Waals surface area contributed by atoms with Crippen LogP contribution in [0.1, 0.15) is 10.4 Å². The molecule has 1 amide bonds. The molecule has 1 aliphatic heterocycles. The van der Waals surface area contributed by atoms with E-state index >= 15 is 0 Å². The highest BCUT2D eigenvalue weighted by atomic mass is 19.1. The summed E-state index contributed by atoms with van der Waals surface area (Å²) in [6.07, 6.45) is 1.67. The lowest BCUT2D eigenvalue weighted by Crippen LogP contribution is -2.49. The standard InChI is InChI=1S/C17H19F2N5O/c1-22(2)12-10-15(21-20-11-12)23-6-8-24(9-7-23)17(25)16-13(18)4-3-5-14(16)19/h3-5,10-11H,6-9H2,1-2H3. The van der Waals surface area contributed by atoms with Crippen LogP contribution < -0.4 is 9.80 Å². The molecule has 3 rings (SSSR count). The van der Waals surface area contributed by atoms with E-state index in [4.69, 9.17) is 0 Å². The van der Waals surface area contributed by atoms with Crippen molar-refractivity contribution in [2.45, 2.75) is 0 Å². The van der Waals surface area contributed by atoms with Gasteiger partial charge in [0.25, 0.3) is 5.91 Å². The first-order valence-electron chi connectivity index (χ1n) is 7.95. The van der Waals surface area contributed by atoms with Crippen LogP contribution in [0.15, 0.2) is 30.5 Å². The van der Waals surface area contributed by atoms with Crippen LogP contribution in [0.4, 0.5) is 20.3 Å². The predicted molar refractivity (Wildman–Crippen MR) is 90.8 cm³/mol. The zero-order valence-corrected chi connectivity index (χ0v) is 14.1. The van der Waals surface area contributed by atoms with Gasteiger partial charge in [-0.05, 0) is 12.1 Å². The van der Waals surface area contributed by atoms with Crippen molar-refractivity contribution in [3.05, 3.63) is 47.7 Å². The van der Waals surface area contributed by atoms with E-state index in [0.717, 1.165) is 23.6 Å². The Kier molecular flexibility index (Phi) is 4.78. The van der Waals surface area contributed by atoms with Gasteiger partial charge in [-0.15, -0.1) is 5.10 Å². The Morgan fingerprint density at radius 3 is 2.36 bits per heavy atom. The van der Waals surface area contributed by atoms with Crippen molar-refractivity contribution in [3.63, 3.8) is 0 Å². The average molecular weight is 347 g/mol. The molecule has 0 unspecified atom stereocenters. The molecule has 132 valence electrons. The molecule has 6 nitrogen and oxygen atoms in total. The minimum Gasteiger partial charge on any atom is -0.376 e. The number of hydrogen-bond acceptors (Lipinski definition) is 5. The van der Waals surface area contributed by atoms with Crippen molar-refractivity contribution >= 4 is 17.4 Å². The molecule has 0 spiro atoms. The summed E-state index contributed by atoms with van der Waals surface area (Å²) in [4.78, 5) is 17.8. The zero-order valence-electron chi connectivity index (χ0n) is 14.1. The summed E-state index contributed by atoms with van der Waals surface area (Å²) in [6, 6.07) is 5.35. The molecule has 0 bridgehead atoms. The molecule has 1 aromatic heterocycles. The van der Waals surface area contributed by atoms with Crippen LogP contribution in [0, 0.1) is 11.6 Å². The summed E-state index contributed by atoms with van der Waals surface area (Å²) < 4.78 is 27.6. The first-order valence-corrected chi connectivity index (χ1v) is 7.95. The van der Waals surface area contributed by atoms with Crippen LogP contribution in [0.3, 0.4) is 0 Å². The van der Waals surface area contributed by atoms with Gasteiger partial charge in [0.15, 0.2) is 5.82 Å². The summed E-state index contributed by atoms with van der Waals surface area (Å²) in [6.45, 7) is 1.77. The maximum Gasteiger partial charge on any atom is 0.259 e. The second-order valence-corrected chi connectivity index (χ2v) is 6.04. The Morgan fingerprint density at radius 2 is 1.76 bits per heavy atom. The van der Waals surface area contributed by atoms with E-state index in [1.54, 1.807) is 6.20 Å². The maximum atomic E-state index is 13.8. The fourth-order valence-electron chi connectivity index (χ4n) is 2.74. The number of rotatable bonds is 3. The summed E-state index contributed by atoms with van der Waals surface area (Å²) >= 11 is 0. The number of piperazine rings is 1. The fraction of sp³-hybridized carbons (Fsp3) is 0.353. The number of carbonyl (C=O) groups is 1. The number of nitrogens with zero attached hydrogens (tertiary/aromatic N) is 5. The van der Waals surface area contributed by atoms with Gasteiger partial charge in [0, 0.05) is 46.3 Å². The van der Waals surface area contributed by atoms with Crippen molar-refractivity contribution in [2.75, 3.05) is 50.1 Å². The van der Waals surface area contributed by atoms with Crippen molar-refractivity contribution < 1.29 is 13.6 Å². The van der Waals surface area contributed by atoms with Gasteiger partial charge >= 0.3 is 0 Å². The lowest BCUT2D eigenvalue weighted by Gasteiger charge is -2.35. The van der Waals surface area contributed by atoms with E-state index in [9.17, 15) is 13.6 Å². The highest BCUT2D eigenvalue weighted by molar-refractivity contribution is 5.95. The van der Waals surface area contributed by atoms with E-state index in [-0.39, 0.29) is 0 Å². The lowest BCUT2D eigenvalue weighted by molar-refractivity contribution is 0.0736. The Hall–Kier alpha value is -2.77. The average Bonchev–Trinajstić information content (AvgIpc) is 2.61. The number of carbonyl (C=O) groups excluding carboxylic acids is 1. The minimum atomic E-state index is -0.836. The van der Waals surface area contributed by atoms with E-state index in [1.807, 2.05) is 30.0 Å². The molecular formula is C17H19F2N5O. The van der Waals surface area contributed by atoms with Crippen LogP contribution in [0.25, 0.3) is 0 Å². The Balaban J connectivity index is 1.70.